The third-order valence-electron chi connectivity index (χ3n) is 6.41. The van der Waals surface area contributed by atoms with E-state index in [1.54, 1.807) is 12.5 Å². The third kappa shape index (κ3) is 4.72. The van der Waals surface area contributed by atoms with E-state index >= 15 is 0 Å². The van der Waals surface area contributed by atoms with Crippen molar-refractivity contribution in [2.24, 2.45) is 5.92 Å². The van der Waals surface area contributed by atoms with E-state index < -0.39 is 0 Å². The minimum atomic E-state index is 0.145. The molecule has 0 bridgehead atoms. The summed E-state index contributed by atoms with van der Waals surface area (Å²) in [6.45, 7) is 3.73. The van der Waals surface area contributed by atoms with Gasteiger partial charge in [-0.3, -0.25) is 9.36 Å². The number of imidazole rings is 1. The van der Waals surface area contributed by atoms with Gasteiger partial charge in [0.15, 0.2) is 0 Å². The number of benzene rings is 2. The lowest BCUT2D eigenvalue weighted by molar-refractivity contribution is -0.132. The Bertz CT molecular complexity index is 1240. The zero-order valence-corrected chi connectivity index (χ0v) is 18.8. The van der Waals surface area contributed by atoms with Gasteiger partial charge in [-0.05, 0) is 49.4 Å². The number of amides is 1. The molecule has 2 aromatic carbocycles. The fourth-order valence-corrected chi connectivity index (χ4v) is 4.54. The van der Waals surface area contributed by atoms with Crippen molar-refractivity contribution in [2.75, 3.05) is 18.4 Å². The smallest absolute Gasteiger partial charge is 0.226 e. The van der Waals surface area contributed by atoms with Gasteiger partial charge in [-0.2, -0.15) is 4.98 Å². The van der Waals surface area contributed by atoms with Crippen LogP contribution >= 0.6 is 0 Å². The van der Waals surface area contributed by atoms with E-state index in [2.05, 4.69) is 22.2 Å². The molecule has 1 fully saturated rings. The fourth-order valence-electron chi connectivity index (χ4n) is 4.54. The predicted octanol–water partition coefficient (Wildman–Crippen LogP) is 4.10. The molecule has 1 saturated heterocycles. The van der Waals surface area contributed by atoms with Gasteiger partial charge < -0.3 is 10.2 Å². The molecule has 0 spiro atoms. The Labute approximate surface area is 193 Å². The molecule has 0 radical (unpaired) electrons. The van der Waals surface area contributed by atoms with Crippen molar-refractivity contribution in [2.45, 2.75) is 32.2 Å². The molecule has 1 aliphatic heterocycles. The quantitative estimate of drug-likeness (QED) is 0.489. The van der Waals surface area contributed by atoms with Gasteiger partial charge >= 0.3 is 0 Å². The monoisotopic (exact) mass is 440 g/mol. The molecule has 1 amide bonds. The van der Waals surface area contributed by atoms with Gasteiger partial charge in [-0.1, -0.05) is 42.5 Å². The first kappa shape index (κ1) is 21.1. The highest BCUT2D eigenvalue weighted by atomic mass is 16.2. The van der Waals surface area contributed by atoms with Gasteiger partial charge in [-0.15, -0.1) is 0 Å². The number of carbonyl (C=O) groups is 1. The summed E-state index contributed by atoms with van der Waals surface area (Å²) in [5.74, 6) is 1.91. The first-order valence-corrected chi connectivity index (χ1v) is 11.5. The molecule has 1 aliphatic rings. The van der Waals surface area contributed by atoms with Crippen LogP contribution in [0.5, 0.6) is 0 Å². The molecule has 0 aliphatic carbocycles. The average Bonchev–Trinajstić information content (AvgIpc) is 3.29. The van der Waals surface area contributed by atoms with Crippen LogP contribution in [0.4, 0.5) is 5.95 Å². The van der Waals surface area contributed by atoms with Crippen LogP contribution in [0.2, 0.25) is 0 Å². The second-order valence-corrected chi connectivity index (χ2v) is 8.68. The summed E-state index contributed by atoms with van der Waals surface area (Å²) >= 11 is 0. The average molecular weight is 441 g/mol. The molecule has 168 valence electrons. The van der Waals surface area contributed by atoms with E-state index in [0.717, 1.165) is 48.3 Å². The topological polar surface area (TPSA) is 75.9 Å². The third-order valence-corrected chi connectivity index (χ3v) is 6.41. The van der Waals surface area contributed by atoms with Crippen LogP contribution < -0.4 is 5.32 Å². The number of carbonyl (C=O) groups excluding carboxylic acids is 1. The van der Waals surface area contributed by atoms with Crippen molar-refractivity contribution >= 4 is 22.9 Å². The molecule has 2 atom stereocenters. The van der Waals surface area contributed by atoms with Gasteiger partial charge in [0.2, 0.25) is 11.9 Å². The van der Waals surface area contributed by atoms with Gasteiger partial charge in [-0.25, -0.2) is 9.97 Å². The van der Waals surface area contributed by atoms with Crippen molar-refractivity contribution < 1.29 is 4.79 Å². The highest BCUT2D eigenvalue weighted by Crippen LogP contribution is 2.23. The van der Waals surface area contributed by atoms with E-state index in [1.807, 2.05) is 70.1 Å². The molecule has 3 heterocycles. The highest BCUT2D eigenvalue weighted by Gasteiger charge is 2.27. The maximum atomic E-state index is 12.8. The molecule has 0 saturated carbocycles. The van der Waals surface area contributed by atoms with Crippen LogP contribution in [0.25, 0.3) is 16.9 Å². The van der Waals surface area contributed by atoms with Crippen LogP contribution in [0.1, 0.15) is 25.3 Å². The first-order chi connectivity index (χ1) is 16.2. The summed E-state index contributed by atoms with van der Waals surface area (Å²) in [7, 11) is 0. The number of likely N-dealkylation sites (tertiary alicyclic amines) is 1. The largest absolute Gasteiger partial charge is 0.351 e. The maximum Gasteiger partial charge on any atom is 0.226 e. The molecule has 33 heavy (non-hydrogen) atoms. The summed E-state index contributed by atoms with van der Waals surface area (Å²) < 4.78 is 1.97. The summed E-state index contributed by atoms with van der Waals surface area (Å²) in [4.78, 5) is 28.5. The minimum absolute atomic E-state index is 0.145. The number of nitrogens with one attached hydrogen (secondary N) is 1. The molecule has 7 heteroatoms. The lowest BCUT2D eigenvalue weighted by atomic mass is 9.91. The highest BCUT2D eigenvalue weighted by molar-refractivity contribution is 5.79. The number of para-hydroxylation sites is 2. The number of rotatable bonds is 6. The zero-order valence-electron chi connectivity index (χ0n) is 18.8. The van der Waals surface area contributed by atoms with Gasteiger partial charge in [0.1, 0.15) is 12.1 Å². The summed E-state index contributed by atoms with van der Waals surface area (Å²) in [5.41, 5.74) is 3.00. The molecular formula is C26H28N6O. The Kier molecular flexibility index (Phi) is 6.02. The van der Waals surface area contributed by atoms with Gasteiger partial charge in [0, 0.05) is 25.3 Å². The summed E-state index contributed by atoms with van der Waals surface area (Å²) in [6.07, 6.45) is 6.11. The van der Waals surface area contributed by atoms with Crippen LogP contribution in [-0.2, 0) is 11.2 Å². The lowest BCUT2D eigenvalue weighted by Gasteiger charge is -2.36. The van der Waals surface area contributed by atoms with Crippen LogP contribution in [0.15, 0.2) is 73.2 Å². The SMILES string of the molecule is CC(Nc1nccc(-n2cnc3ccccc32)n1)C1CCCN(C(=O)Cc2ccccc2)C1. The van der Waals surface area contributed by atoms with Gasteiger partial charge in [0.25, 0.3) is 0 Å². The van der Waals surface area contributed by atoms with Crippen molar-refractivity contribution in [1.29, 1.82) is 0 Å². The van der Waals surface area contributed by atoms with Crippen molar-refractivity contribution in [3.05, 3.63) is 78.8 Å². The normalized spacial score (nSPS) is 17.1. The Morgan fingerprint density at radius 1 is 1.09 bits per heavy atom. The lowest BCUT2D eigenvalue weighted by Crippen LogP contribution is -2.45. The van der Waals surface area contributed by atoms with Crippen LogP contribution in [0, 0.1) is 5.92 Å². The van der Waals surface area contributed by atoms with E-state index in [-0.39, 0.29) is 11.9 Å². The molecular weight excluding hydrogens is 412 g/mol. The van der Waals surface area contributed by atoms with E-state index in [4.69, 9.17) is 4.98 Å². The van der Waals surface area contributed by atoms with E-state index in [0.29, 0.717) is 18.3 Å². The number of fused-ring (bicyclic) bond motifs is 1. The number of hydrogen-bond acceptors (Lipinski definition) is 5. The Morgan fingerprint density at radius 3 is 2.79 bits per heavy atom. The van der Waals surface area contributed by atoms with Crippen molar-refractivity contribution in [1.82, 2.24) is 24.4 Å². The molecule has 1 N–H and O–H groups in total. The summed E-state index contributed by atoms with van der Waals surface area (Å²) in [5, 5.41) is 3.48. The second-order valence-electron chi connectivity index (χ2n) is 8.68. The Balaban J connectivity index is 1.25. The predicted molar refractivity (Wildman–Crippen MR) is 129 cm³/mol. The Hall–Kier alpha value is -3.74. The molecule has 4 aromatic rings. The Morgan fingerprint density at radius 2 is 1.91 bits per heavy atom. The number of nitrogens with zero attached hydrogens (tertiary/aromatic N) is 5. The van der Waals surface area contributed by atoms with E-state index in [9.17, 15) is 4.79 Å². The number of hydrogen-bond donors (Lipinski definition) is 1. The number of piperidine rings is 1. The number of anilines is 1. The molecule has 5 rings (SSSR count). The first-order valence-electron chi connectivity index (χ1n) is 11.5. The minimum Gasteiger partial charge on any atom is -0.351 e. The van der Waals surface area contributed by atoms with Crippen LogP contribution in [0.3, 0.4) is 0 Å². The zero-order chi connectivity index (χ0) is 22.6. The van der Waals surface area contributed by atoms with Gasteiger partial charge in [0.05, 0.1) is 17.5 Å². The number of aromatic nitrogens is 4. The molecule has 7 nitrogen and oxygen atoms in total. The standard InChI is InChI=1S/C26H28N6O/c1-19(21-10-7-15-31(17-21)25(33)16-20-8-3-2-4-9-20)29-26-27-14-13-24(30-26)32-18-28-22-11-5-6-12-23(22)32/h2-6,8-9,11-14,18-19,21H,7,10,15-17H2,1H3,(H,27,29,30). The second kappa shape index (κ2) is 9.40. The molecule has 2 unspecified atom stereocenters. The fraction of sp³-hybridized carbons (Fsp3) is 0.308. The maximum absolute atomic E-state index is 12.8. The van der Waals surface area contributed by atoms with Crippen molar-refractivity contribution in [3.8, 4) is 5.82 Å². The molecule has 2 aromatic heterocycles. The van der Waals surface area contributed by atoms with E-state index in [1.165, 1.54) is 0 Å². The van der Waals surface area contributed by atoms with Crippen LogP contribution in [-0.4, -0.2) is 49.5 Å². The summed E-state index contributed by atoms with van der Waals surface area (Å²) in [6, 6.07) is 20.0. The van der Waals surface area contributed by atoms with Crippen molar-refractivity contribution in [3.63, 3.8) is 0 Å².